The molecule has 0 aliphatic rings. The van der Waals surface area contributed by atoms with Crippen molar-refractivity contribution in [2.24, 2.45) is 7.05 Å². The molecule has 1 aromatic heterocycles. The zero-order valence-electron chi connectivity index (χ0n) is 10.0. The first kappa shape index (κ1) is 14.9. The Balaban J connectivity index is 2.61. The van der Waals surface area contributed by atoms with Crippen molar-refractivity contribution in [1.82, 2.24) is 14.3 Å². The fourth-order valence-corrected chi connectivity index (χ4v) is 2.62. The fourth-order valence-electron chi connectivity index (χ4n) is 1.16. The summed E-state index contributed by atoms with van der Waals surface area (Å²) in [7, 11) is -2.23. The topological polar surface area (TPSA) is 90.3 Å². The minimum absolute atomic E-state index is 0.0126. The molecule has 0 aliphatic heterocycles. The lowest BCUT2D eigenvalue weighted by Gasteiger charge is -2.04. The summed E-state index contributed by atoms with van der Waals surface area (Å²) < 4.78 is 31.8. The number of rotatable bonds is 6. The number of ether oxygens (including phenoxy) is 1. The van der Waals surface area contributed by atoms with Gasteiger partial charge in [0.2, 0.25) is 5.03 Å². The molecule has 0 aliphatic carbocycles. The van der Waals surface area contributed by atoms with Crippen LogP contribution in [0.1, 0.15) is 13.3 Å². The van der Waals surface area contributed by atoms with E-state index in [4.69, 9.17) is 11.6 Å². The van der Waals surface area contributed by atoms with Gasteiger partial charge in [-0.25, -0.2) is 18.1 Å². The van der Waals surface area contributed by atoms with Gasteiger partial charge in [0.25, 0.3) is 10.0 Å². The number of hydrogen-bond acceptors (Lipinski definition) is 5. The zero-order valence-corrected chi connectivity index (χ0v) is 11.6. The first-order valence-corrected chi connectivity index (χ1v) is 7.06. The maximum Gasteiger partial charge on any atom is 0.307 e. The van der Waals surface area contributed by atoms with Crippen LogP contribution in [-0.2, 0) is 26.6 Å². The van der Waals surface area contributed by atoms with Gasteiger partial charge >= 0.3 is 5.97 Å². The standard InChI is InChI=1S/C9H14ClN3O4S/c1-3-17-7(14)4-5-12-18(15,16)9-8(10)13(2)6-11-9/h6,12H,3-5H2,1-2H3. The van der Waals surface area contributed by atoms with Crippen molar-refractivity contribution in [2.75, 3.05) is 13.2 Å². The van der Waals surface area contributed by atoms with E-state index in [1.54, 1.807) is 14.0 Å². The summed E-state index contributed by atoms with van der Waals surface area (Å²) in [6, 6.07) is 0. The van der Waals surface area contributed by atoms with Gasteiger partial charge in [0.15, 0.2) is 0 Å². The molecule has 0 saturated heterocycles. The average molecular weight is 296 g/mol. The summed E-state index contributed by atoms with van der Waals surface area (Å²) in [6.45, 7) is 1.88. The Morgan fingerprint density at radius 1 is 1.61 bits per heavy atom. The van der Waals surface area contributed by atoms with Gasteiger partial charge in [-0.3, -0.25) is 4.79 Å². The highest BCUT2D eigenvalue weighted by molar-refractivity contribution is 7.89. The Labute approximate surface area is 110 Å². The highest BCUT2D eigenvalue weighted by atomic mass is 35.5. The number of esters is 1. The van der Waals surface area contributed by atoms with Gasteiger partial charge in [0.1, 0.15) is 5.15 Å². The molecule has 1 heterocycles. The third-order valence-electron chi connectivity index (χ3n) is 2.02. The van der Waals surface area contributed by atoms with Gasteiger partial charge in [0, 0.05) is 13.6 Å². The second-order valence-corrected chi connectivity index (χ2v) is 5.44. The minimum Gasteiger partial charge on any atom is -0.466 e. The van der Waals surface area contributed by atoms with Crippen LogP contribution in [0.25, 0.3) is 0 Å². The molecule has 1 aromatic rings. The molecule has 0 radical (unpaired) electrons. The Bertz CT molecular complexity index is 526. The Hall–Kier alpha value is -1.12. The van der Waals surface area contributed by atoms with Crippen molar-refractivity contribution in [3.05, 3.63) is 11.5 Å². The summed E-state index contributed by atoms with van der Waals surface area (Å²) in [5.41, 5.74) is 0. The molecular formula is C9H14ClN3O4S. The van der Waals surface area contributed by atoms with Gasteiger partial charge in [0.05, 0.1) is 19.4 Å². The van der Waals surface area contributed by atoms with E-state index in [-0.39, 0.29) is 29.8 Å². The van der Waals surface area contributed by atoms with Crippen LogP contribution in [0.5, 0.6) is 0 Å². The van der Waals surface area contributed by atoms with Crippen LogP contribution in [0, 0.1) is 0 Å². The number of nitrogens with zero attached hydrogens (tertiary/aromatic N) is 2. The van der Waals surface area contributed by atoms with Gasteiger partial charge in [-0.1, -0.05) is 11.6 Å². The number of halogens is 1. The van der Waals surface area contributed by atoms with E-state index in [2.05, 4.69) is 14.4 Å². The molecule has 0 fully saturated rings. The van der Waals surface area contributed by atoms with E-state index in [0.29, 0.717) is 0 Å². The molecule has 0 amide bonds. The number of hydrogen-bond donors (Lipinski definition) is 1. The summed E-state index contributed by atoms with van der Waals surface area (Å²) in [5.74, 6) is -0.465. The van der Waals surface area contributed by atoms with Crippen LogP contribution in [0.2, 0.25) is 5.15 Å². The molecule has 7 nitrogen and oxygen atoms in total. The smallest absolute Gasteiger partial charge is 0.307 e. The summed E-state index contributed by atoms with van der Waals surface area (Å²) in [5, 5.41) is -0.242. The molecule has 0 spiro atoms. The lowest BCUT2D eigenvalue weighted by molar-refractivity contribution is -0.142. The van der Waals surface area contributed by atoms with Crippen molar-refractivity contribution in [3.8, 4) is 0 Å². The predicted molar refractivity (Wildman–Crippen MR) is 64.7 cm³/mol. The second-order valence-electron chi connectivity index (χ2n) is 3.40. The highest BCUT2D eigenvalue weighted by Crippen LogP contribution is 2.17. The van der Waals surface area contributed by atoms with Crippen LogP contribution < -0.4 is 4.72 Å². The van der Waals surface area contributed by atoms with Crippen molar-refractivity contribution in [1.29, 1.82) is 0 Å². The fraction of sp³-hybridized carbons (Fsp3) is 0.556. The highest BCUT2D eigenvalue weighted by Gasteiger charge is 2.22. The van der Waals surface area contributed by atoms with Crippen molar-refractivity contribution >= 4 is 27.6 Å². The number of imidazole rings is 1. The molecule has 9 heteroatoms. The monoisotopic (exact) mass is 295 g/mol. The summed E-state index contributed by atoms with van der Waals surface area (Å²) in [4.78, 5) is 14.7. The average Bonchev–Trinajstić information content (AvgIpc) is 2.60. The molecule has 0 unspecified atom stereocenters. The molecule has 0 aromatic carbocycles. The maximum atomic E-state index is 11.8. The Kier molecular flexibility index (Phi) is 5.12. The first-order chi connectivity index (χ1) is 8.38. The van der Waals surface area contributed by atoms with Gasteiger partial charge in [-0.2, -0.15) is 0 Å². The third-order valence-corrected chi connectivity index (χ3v) is 3.97. The maximum absolute atomic E-state index is 11.8. The molecule has 0 bridgehead atoms. The Morgan fingerprint density at radius 3 is 2.78 bits per heavy atom. The van der Waals surface area contributed by atoms with Crippen LogP contribution in [-0.4, -0.2) is 37.1 Å². The van der Waals surface area contributed by atoms with Crippen LogP contribution in [0.3, 0.4) is 0 Å². The predicted octanol–water partition coefficient (Wildman–Crippen LogP) is 0.305. The molecule has 1 N–H and O–H groups in total. The summed E-state index contributed by atoms with van der Waals surface area (Å²) >= 11 is 5.77. The summed E-state index contributed by atoms with van der Waals surface area (Å²) in [6.07, 6.45) is 1.25. The SMILES string of the molecule is CCOC(=O)CCNS(=O)(=O)c1ncn(C)c1Cl. The number of aromatic nitrogens is 2. The number of aryl methyl sites for hydroxylation is 1. The quantitative estimate of drug-likeness (QED) is 0.763. The lowest BCUT2D eigenvalue weighted by Crippen LogP contribution is -2.27. The number of nitrogens with one attached hydrogen (secondary N) is 1. The number of carbonyl (C=O) groups is 1. The lowest BCUT2D eigenvalue weighted by atomic mass is 10.4. The first-order valence-electron chi connectivity index (χ1n) is 5.20. The van der Waals surface area contributed by atoms with Gasteiger partial charge in [-0.05, 0) is 6.92 Å². The third kappa shape index (κ3) is 3.69. The molecular weight excluding hydrogens is 282 g/mol. The minimum atomic E-state index is -3.80. The molecule has 102 valence electrons. The van der Waals surface area contributed by atoms with Crippen molar-refractivity contribution in [2.45, 2.75) is 18.4 Å². The van der Waals surface area contributed by atoms with E-state index in [0.717, 1.165) is 0 Å². The van der Waals surface area contributed by atoms with Crippen LogP contribution >= 0.6 is 11.6 Å². The number of sulfonamides is 1. The molecule has 0 atom stereocenters. The Morgan fingerprint density at radius 2 is 2.28 bits per heavy atom. The van der Waals surface area contributed by atoms with Crippen LogP contribution in [0.15, 0.2) is 11.4 Å². The van der Waals surface area contributed by atoms with Crippen molar-refractivity contribution < 1.29 is 17.9 Å². The van der Waals surface area contributed by atoms with Crippen LogP contribution in [0.4, 0.5) is 0 Å². The van der Waals surface area contributed by atoms with E-state index in [9.17, 15) is 13.2 Å². The van der Waals surface area contributed by atoms with E-state index in [1.807, 2.05) is 0 Å². The molecule has 1 rings (SSSR count). The largest absolute Gasteiger partial charge is 0.466 e. The van der Waals surface area contributed by atoms with E-state index < -0.39 is 16.0 Å². The molecule has 18 heavy (non-hydrogen) atoms. The van der Waals surface area contributed by atoms with E-state index in [1.165, 1.54) is 10.9 Å². The number of carbonyl (C=O) groups excluding carboxylic acids is 1. The molecule has 0 saturated carbocycles. The second kappa shape index (κ2) is 6.17. The van der Waals surface area contributed by atoms with Gasteiger partial charge in [-0.15, -0.1) is 0 Å². The van der Waals surface area contributed by atoms with Gasteiger partial charge < -0.3 is 9.30 Å². The normalized spacial score (nSPS) is 11.5. The zero-order chi connectivity index (χ0) is 13.8. The van der Waals surface area contributed by atoms with Crippen molar-refractivity contribution in [3.63, 3.8) is 0 Å². The van der Waals surface area contributed by atoms with E-state index >= 15 is 0 Å².